The molecule has 1 aliphatic heterocycles. The molecule has 0 amide bonds. The lowest BCUT2D eigenvalue weighted by Crippen LogP contribution is -2.27. The minimum absolute atomic E-state index is 0.00220. The summed E-state index contributed by atoms with van der Waals surface area (Å²) in [6, 6.07) is 15.2. The number of nitrogens with zero attached hydrogens (tertiary/aromatic N) is 3. The van der Waals surface area contributed by atoms with E-state index in [1.807, 2.05) is 36.4 Å². The summed E-state index contributed by atoms with van der Waals surface area (Å²) in [4.78, 5) is 20.9. The van der Waals surface area contributed by atoms with Crippen molar-refractivity contribution >= 4 is 21.8 Å². The molecule has 0 unspecified atom stereocenters. The Morgan fingerprint density at radius 2 is 2.04 bits per heavy atom. The summed E-state index contributed by atoms with van der Waals surface area (Å²) in [6.45, 7) is 0.600. The number of aromatic nitrogens is 3. The SMILES string of the molecule is N#Cc1ccc2[nH]c3c(c2c1)CCn1c-3nc2ccccc2c1=O. The molecular weight excluding hydrogens is 300 g/mol. The van der Waals surface area contributed by atoms with Gasteiger partial charge >= 0.3 is 0 Å². The van der Waals surface area contributed by atoms with Gasteiger partial charge in [-0.25, -0.2) is 4.98 Å². The third-order valence-electron chi connectivity index (χ3n) is 4.71. The van der Waals surface area contributed by atoms with Crippen molar-refractivity contribution in [1.82, 2.24) is 14.5 Å². The lowest BCUT2D eigenvalue weighted by molar-refractivity contribution is 0.653. The van der Waals surface area contributed by atoms with E-state index in [2.05, 4.69) is 11.1 Å². The molecule has 0 radical (unpaired) electrons. The summed E-state index contributed by atoms with van der Waals surface area (Å²) in [5.74, 6) is 0.676. The van der Waals surface area contributed by atoms with E-state index in [1.54, 1.807) is 10.6 Å². The van der Waals surface area contributed by atoms with Crippen LogP contribution < -0.4 is 5.56 Å². The van der Waals surface area contributed by atoms with Gasteiger partial charge in [0.2, 0.25) is 0 Å². The average molecular weight is 312 g/mol. The fourth-order valence-corrected chi connectivity index (χ4v) is 3.56. The minimum atomic E-state index is -0.00220. The molecule has 0 bridgehead atoms. The van der Waals surface area contributed by atoms with Crippen LogP contribution in [0.25, 0.3) is 33.3 Å². The predicted octanol–water partition coefficient (Wildman–Crippen LogP) is 2.97. The second-order valence-corrected chi connectivity index (χ2v) is 6.01. The molecule has 2 aromatic carbocycles. The van der Waals surface area contributed by atoms with Crippen molar-refractivity contribution in [2.24, 2.45) is 0 Å². The molecule has 1 N–H and O–H groups in total. The molecule has 5 heteroatoms. The molecule has 4 aromatic rings. The molecule has 0 fully saturated rings. The normalized spacial score (nSPS) is 12.8. The van der Waals surface area contributed by atoms with Crippen molar-refractivity contribution in [1.29, 1.82) is 5.26 Å². The van der Waals surface area contributed by atoms with Gasteiger partial charge in [0, 0.05) is 17.4 Å². The Labute approximate surface area is 136 Å². The standard InChI is InChI=1S/C19H12N4O/c20-10-11-5-6-16-14(9-11)12-7-8-23-18(17(12)21-16)22-15-4-2-1-3-13(15)19(23)24/h1-6,9,21H,7-8H2. The highest BCUT2D eigenvalue weighted by atomic mass is 16.1. The fraction of sp³-hybridized carbons (Fsp3) is 0.105. The van der Waals surface area contributed by atoms with Crippen molar-refractivity contribution < 1.29 is 0 Å². The monoisotopic (exact) mass is 312 g/mol. The van der Waals surface area contributed by atoms with Crippen LogP contribution in [0.15, 0.2) is 47.3 Å². The van der Waals surface area contributed by atoms with Gasteiger partial charge in [0.1, 0.15) is 0 Å². The van der Waals surface area contributed by atoms with Crippen LogP contribution >= 0.6 is 0 Å². The van der Waals surface area contributed by atoms with E-state index >= 15 is 0 Å². The third kappa shape index (κ3) is 1.62. The lowest BCUT2D eigenvalue weighted by Gasteiger charge is -2.18. The molecule has 2 aromatic heterocycles. The first-order valence-corrected chi connectivity index (χ1v) is 7.81. The van der Waals surface area contributed by atoms with Crippen LogP contribution in [0.3, 0.4) is 0 Å². The van der Waals surface area contributed by atoms with Gasteiger partial charge in [0.05, 0.1) is 28.2 Å². The zero-order valence-electron chi connectivity index (χ0n) is 12.7. The third-order valence-corrected chi connectivity index (χ3v) is 4.71. The van der Waals surface area contributed by atoms with Crippen LogP contribution in [-0.4, -0.2) is 14.5 Å². The number of benzene rings is 2. The highest BCUT2D eigenvalue weighted by molar-refractivity contribution is 5.92. The number of hydrogen-bond donors (Lipinski definition) is 1. The van der Waals surface area contributed by atoms with Crippen molar-refractivity contribution in [3.8, 4) is 17.6 Å². The first-order valence-electron chi connectivity index (χ1n) is 7.81. The van der Waals surface area contributed by atoms with Crippen LogP contribution in [0.5, 0.6) is 0 Å². The van der Waals surface area contributed by atoms with Crippen molar-refractivity contribution in [3.63, 3.8) is 0 Å². The van der Waals surface area contributed by atoms with E-state index in [0.717, 1.165) is 28.6 Å². The Morgan fingerprint density at radius 1 is 1.17 bits per heavy atom. The topological polar surface area (TPSA) is 74.5 Å². The number of aryl methyl sites for hydroxylation is 1. The zero-order chi connectivity index (χ0) is 16.3. The quantitative estimate of drug-likeness (QED) is 0.542. The highest BCUT2D eigenvalue weighted by Crippen LogP contribution is 2.33. The van der Waals surface area contributed by atoms with Gasteiger partial charge in [-0.15, -0.1) is 0 Å². The van der Waals surface area contributed by atoms with Gasteiger partial charge in [0.25, 0.3) is 5.56 Å². The Balaban J connectivity index is 1.88. The number of fused-ring (bicyclic) bond motifs is 6. The molecule has 0 atom stereocenters. The molecule has 0 aliphatic carbocycles. The molecule has 114 valence electrons. The number of rotatable bonds is 0. The number of H-pyrrole nitrogens is 1. The van der Waals surface area contributed by atoms with E-state index in [-0.39, 0.29) is 5.56 Å². The number of nitriles is 1. The van der Waals surface area contributed by atoms with Gasteiger partial charge in [-0.2, -0.15) is 5.26 Å². The molecule has 0 spiro atoms. The molecule has 1 aliphatic rings. The van der Waals surface area contributed by atoms with Crippen LogP contribution in [-0.2, 0) is 13.0 Å². The zero-order valence-corrected chi connectivity index (χ0v) is 12.7. The van der Waals surface area contributed by atoms with E-state index in [9.17, 15) is 4.79 Å². The summed E-state index contributed by atoms with van der Waals surface area (Å²) in [5, 5.41) is 10.8. The van der Waals surface area contributed by atoms with E-state index < -0.39 is 0 Å². The van der Waals surface area contributed by atoms with E-state index in [1.165, 1.54) is 0 Å². The minimum Gasteiger partial charge on any atom is -0.352 e. The van der Waals surface area contributed by atoms with Crippen molar-refractivity contribution in [3.05, 3.63) is 63.9 Å². The molecule has 0 saturated heterocycles. The van der Waals surface area contributed by atoms with Gasteiger partial charge < -0.3 is 4.98 Å². The van der Waals surface area contributed by atoms with Crippen LogP contribution in [0.2, 0.25) is 0 Å². The maximum Gasteiger partial charge on any atom is 0.261 e. The smallest absolute Gasteiger partial charge is 0.261 e. The van der Waals surface area contributed by atoms with Gasteiger partial charge in [-0.05, 0) is 42.3 Å². The van der Waals surface area contributed by atoms with Gasteiger partial charge in [-0.1, -0.05) is 12.1 Å². The Bertz CT molecular complexity index is 1240. The van der Waals surface area contributed by atoms with E-state index in [4.69, 9.17) is 10.2 Å². The maximum absolute atomic E-state index is 12.8. The fourth-order valence-electron chi connectivity index (χ4n) is 3.56. The molecular formula is C19H12N4O. The largest absolute Gasteiger partial charge is 0.352 e. The predicted molar refractivity (Wildman–Crippen MR) is 91.7 cm³/mol. The van der Waals surface area contributed by atoms with Gasteiger partial charge in [0.15, 0.2) is 5.82 Å². The van der Waals surface area contributed by atoms with Crippen molar-refractivity contribution in [2.45, 2.75) is 13.0 Å². The highest BCUT2D eigenvalue weighted by Gasteiger charge is 2.23. The van der Waals surface area contributed by atoms with E-state index in [0.29, 0.717) is 28.8 Å². The number of hydrogen-bond acceptors (Lipinski definition) is 3. The first-order chi connectivity index (χ1) is 11.8. The molecule has 3 heterocycles. The number of para-hydroxylation sites is 1. The summed E-state index contributed by atoms with van der Waals surface area (Å²) in [6.07, 6.45) is 0.747. The Morgan fingerprint density at radius 3 is 2.92 bits per heavy atom. The number of aromatic amines is 1. The summed E-state index contributed by atoms with van der Waals surface area (Å²) < 4.78 is 1.74. The summed E-state index contributed by atoms with van der Waals surface area (Å²) >= 11 is 0. The lowest BCUT2D eigenvalue weighted by atomic mass is 10.0. The van der Waals surface area contributed by atoms with Crippen LogP contribution in [0.1, 0.15) is 11.1 Å². The Kier molecular flexibility index (Phi) is 2.48. The van der Waals surface area contributed by atoms with Crippen LogP contribution in [0, 0.1) is 11.3 Å². The average Bonchev–Trinajstić information content (AvgIpc) is 3.00. The maximum atomic E-state index is 12.8. The Hall–Kier alpha value is -3.39. The molecule has 5 nitrogen and oxygen atoms in total. The second-order valence-electron chi connectivity index (χ2n) is 6.01. The summed E-state index contributed by atoms with van der Waals surface area (Å²) in [7, 11) is 0. The first kappa shape index (κ1) is 13.1. The molecule has 0 saturated carbocycles. The molecule has 24 heavy (non-hydrogen) atoms. The van der Waals surface area contributed by atoms with Crippen LogP contribution in [0.4, 0.5) is 0 Å². The van der Waals surface area contributed by atoms with Gasteiger partial charge in [-0.3, -0.25) is 9.36 Å². The van der Waals surface area contributed by atoms with Crippen molar-refractivity contribution in [2.75, 3.05) is 0 Å². The number of nitrogens with one attached hydrogen (secondary N) is 1. The molecule has 5 rings (SSSR count). The summed E-state index contributed by atoms with van der Waals surface area (Å²) in [5.41, 5.74) is 4.32. The second kappa shape index (κ2) is 4.56.